The number of nitrogens with zero attached hydrogens (tertiary/aromatic N) is 1. The Morgan fingerprint density at radius 3 is 2.39 bits per heavy atom. The van der Waals surface area contributed by atoms with Crippen LogP contribution in [-0.2, 0) is 19.4 Å². The predicted molar refractivity (Wildman–Crippen MR) is 104 cm³/mol. The number of halogens is 1. The molecule has 0 radical (unpaired) electrons. The maximum absolute atomic E-state index is 13.0. The van der Waals surface area contributed by atoms with Crippen molar-refractivity contribution in [1.82, 2.24) is 15.5 Å². The molecule has 0 aromatic heterocycles. The summed E-state index contributed by atoms with van der Waals surface area (Å²) in [4.78, 5) is 26.1. The maximum atomic E-state index is 13.0. The molecule has 2 amide bonds. The van der Waals surface area contributed by atoms with Crippen molar-refractivity contribution < 1.29 is 22.4 Å². The highest BCUT2D eigenvalue weighted by Crippen LogP contribution is 2.18. The molecular weight excluding hydrogens is 385 g/mol. The van der Waals surface area contributed by atoms with E-state index in [2.05, 4.69) is 10.6 Å². The lowest BCUT2D eigenvalue weighted by molar-refractivity contribution is -0.124. The average molecular weight is 414 g/mol. The molecule has 1 atom stereocenters. The van der Waals surface area contributed by atoms with Gasteiger partial charge in [0.25, 0.3) is 0 Å². The van der Waals surface area contributed by atoms with Gasteiger partial charge < -0.3 is 10.6 Å². The van der Waals surface area contributed by atoms with Gasteiger partial charge in [-0.3, -0.25) is 14.5 Å². The molecule has 1 aliphatic heterocycles. The summed E-state index contributed by atoms with van der Waals surface area (Å²) in [6.07, 6.45) is 2.19. The largest absolute Gasteiger partial charge is 0.355 e. The van der Waals surface area contributed by atoms with Crippen molar-refractivity contribution in [2.45, 2.75) is 49.3 Å². The van der Waals surface area contributed by atoms with Gasteiger partial charge in [0, 0.05) is 25.7 Å². The normalized spacial score (nSPS) is 17.1. The van der Waals surface area contributed by atoms with Gasteiger partial charge in [-0.05, 0) is 50.5 Å². The molecule has 0 saturated carbocycles. The van der Waals surface area contributed by atoms with Crippen molar-refractivity contribution in [3.05, 3.63) is 30.1 Å². The molecular formula is C19H28FN3O4S. The lowest BCUT2D eigenvalue weighted by Gasteiger charge is -2.32. The number of nitrogens with one attached hydrogen (secondary N) is 2. The second-order valence-electron chi connectivity index (χ2n) is 7.05. The van der Waals surface area contributed by atoms with Gasteiger partial charge in [0.05, 0.1) is 11.4 Å². The van der Waals surface area contributed by atoms with Crippen LogP contribution in [0.5, 0.6) is 0 Å². The quantitative estimate of drug-likeness (QED) is 0.622. The standard InChI is InChI=1S/C19H28FN3O4S/c1-3-10-21-18(24)13-23-11-8-16(9-12-23)22-19(25)14(2)28(26,27)17-6-4-15(20)5-7-17/h4-7,14,16H,3,8-13H2,1-2H3,(H,21,24)(H,22,25). The Kier molecular flexibility index (Phi) is 7.94. The number of amides is 2. The smallest absolute Gasteiger partial charge is 0.238 e. The molecule has 2 N–H and O–H groups in total. The van der Waals surface area contributed by atoms with Gasteiger partial charge in [-0.2, -0.15) is 0 Å². The van der Waals surface area contributed by atoms with E-state index in [9.17, 15) is 22.4 Å². The molecule has 9 heteroatoms. The second-order valence-corrected chi connectivity index (χ2v) is 9.32. The van der Waals surface area contributed by atoms with E-state index in [1.807, 2.05) is 11.8 Å². The molecule has 7 nitrogen and oxygen atoms in total. The van der Waals surface area contributed by atoms with Crippen LogP contribution in [0, 0.1) is 5.82 Å². The summed E-state index contributed by atoms with van der Waals surface area (Å²) >= 11 is 0. The van der Waals surface area contributed by atoms with Crippen molar-refractivity contribution in [3.63, 3.8) is 0 Å². The zero-order valence-electron chi connectivity index (χ0n) is 16.3. The van der Waals surface area contributed by atoms with Crippen molar-refractivity contribution in [2.75, 3.05) is 26.2 Å². The van der Waals surface area contributed by atoms with Crippen molar-refractivity contribution in [3.8, 4) is 0 Å². The minimum atomic E-state index is -3.88. The molecule has 0 spiro atoms. The van der Waals surface area contributed by atoms with Crippen LogP contribution in [0.15, 0.2) is 29.2 Å². The topological polar surface area (TPSA) is 95.6 Å². The summed E-state index contributed by atoms with van der Waals surface area (Å²) in [7, 11) is -3.88. The van der Waals surface area contributed by atoms with E-state index in [4.69, 9.17) is 0 Å². The number of carbonyl (C=O) groups is 2. The lowest BCUT2D eigenvalue weighted by Crippen LogP contribution is -2.50. The number of likely N-dealkylation sites (tertiary alicyclic amines) is 1. The minimum absolute atomic E-state index is 0.0108. The summed E-state index contributed by atoms with van der Waals surface area (Å²) in [5.74, 6) is -1.11. The molecule has 1 fully saturated rings. The first-order valence-electron chi connectivity index (χ1n) is 9.53. The van der Waals surface area contributed by atoms with Gasteiger partial charge in [0.1, 0.15) is 11.1 Å². The van der Waals surface area contributed by atoms with E-state index < -0.39 is 26.8 Å². The third-order valence-corrected chi connectivity index (χ3v) is 6.92. The third kappa shape index (κ3) is 6.00. The van der Waals surface area contributed by atoms with Crippen LogP contribution < -0.4 is 10.6 Å². The van der Waals surface area contributed by atoms with E-state index in [1.54, 1.807) is 0 Å². The highest BCUT2D eigenvalue weighted by atomic mass is 32.2. The number of hydrogen-bond acceptors (Lipinski definition) is 5. The van der Waals surface area contributed by atoms with Gasteiger partial charge in [-0.25, -0.2) is 12.8 Å². The first kappa shape index (κ1) is 22.3. The molecule has 1 saturated heterocycles. The van der Waals surface area contributed by atoms with Gasteiger partial charge in [-0.1, -0.05) is 6.92 Å². The van der Waals surface area contributed by atoms with Gasteiger partial charge in [-0.15, -0.1) is 0 Å². The van der Waals surface area contributed by atoms with Crippen LogP contribution in [0.25, 0.3) is 0 Å². The zero-order chi connectivity index (χ0) is 20.7. The number of hydrogen-bond donors (Lipinski definition) is 2. The summed E-state index contributed by atoms with van der Waals surface area (Å²) < 4.78 is 38.1. The zero-order valence-corrected chi connectivity index (χ0v) is 17.1. The number of piperidine rings is 1. The Hall–Kier alpha value is -2.00. The van der Waals surface area contributed by atoms with Crippen LogP contribution in [0.1, 0.15) is 33.1 Å². The van der Waals surface area contributed by atoms with E-state index >= 15 is 0 Å². The lowest BCUT2D eigenvalue weighted by atomic mass is 10.0. The Labute approximate surface area is 165 Å². The predicted octanol–water partition coefficient (Wildman–Crippen LogP) is 1.09. The van der Waals surface area contributed by atoms with Gasteiger partial charge in [0.15, 0.2) is 9.84 Å². The van der Waals surface area contributed by atoms with Gasteiger partial charge >= 0.3 is 0 Å². The molecule has 1 aromatic carbocycles. The fourth-order valence-corrected chi connectivity index (χ4v) is 4.32. The summed E-state index contributed by atoms with van der Waals surface area (Å²) in [5.41, 5.74) is 0. The third-order valence-electron chi connectivity index (χ3n) is 4.85. The number of rotatable bonds is 8. The summed E-state index contributed by atoms with van der Waals surface area (Å²) in [6, 6.07) is 4.31. The van der Waals surface area contributed by atoms with Crippen LogP contribution in [-0.4, -0.2) is 62.6 Å². The molecule has 0 aliphatic carbocycles. The molecule has 28 heavy (non-hydrogen) atoms. The maximum Gasteiger partial charge on any atom is 0.238 e. The molecule has 156 valence electrons. The Balaban J connectivity index is 1.85. The van der Waals surface area contributed by atoms with E-state index in [1.165, 1.54) is 6.92 Å². The van der Waals surface area contributed by atoms with Crippen LogP contribution in [0.3, 0.4) is 0 Å². The number of sulfone groups is 1. The first-order chi connectivity index (χ1) is 13.2. The molecule has 0 bridgehead atoms. The molecule has 1 aromatic rings. The Bertz CT molecular complexity index is 775. The van der Waals surface area contributed by atoms with E-state index in [0.717, 1.165) is 30.7 Å². The van der Waals surface area contributed by atoms with Crippen LogP contribution in [0.4, 0.5) is 4.39 Å². The average Bonchev–Trinajstić information content (AvgIpc) is 2.67. The first-order valence-corrected chi connectivity index (χ1v) is 11.1. The molecule has 1 unspecified atom stereocenters. The summed E-state index contributed by atoms with van der Waals surface area (Å²) in [6.45, 7) is 5.63. The van der Waals surface area contributed by atoms with Crippen LogP contribution in [0.2, 0.25) is 0 Å². The van der Waals surface area contributed by atoms with Crippen molar-refractivity contribution in [1.29, 1.82) is 0 Å². The Morgan fingerprint density at radius 2 is 1.82 bits per heavy atom. The van der Waals surface area contributed by atoms with E-state index in [0.29, 0.717) is 39.0 Å². The fraction of sp³-hybridized carbons (Fsp3) is 0.579. The molecule has 1 aliphatic rings. The summed E-state index contributed by atoms with van der Waals surface area (Å²) in [5, 5.41) is 4.36. The van der Waals surface area contributed by atoms with E-state index in [-0.39, 0.29) is 16.8 Å². The highest BCUT2D eigenvalue weighted by molar-refractivity contribution is 7.92. The van der Waals surface area contributed by atoms with Crippen molar-refractivity contribution >= 4 is 21.7 Å². The fourth-order valence-electron chi connectivity index (χ4n) is 3.05. The number of benzene rings is 1. The molecule has 2 rings (SSSR count). The van der Waals surface area contributed by atoms with Crippen molar-refractivity contribution in [2.24, 2.45) is 0 Å². The van der Waals surface area contributed by atoms with Crippen LogP contribution >= 0.6 is 0 Å². The second kappa shape index (κ2) is 9.97. The highest BCUT2D eigenvalue weighted by Gasteiger charge is 2.32. The molecule has 1 heterocycles. The minimum Gasteiger partial charge on any atom is -0.355 e. The van der Waals surface area contributed by atoms with Gasteiger partial charge in [0.2, 0.25) is 11.8 Å². The Morgan fingerprint density at radius 1 is 1.21 bits per heavy atom. The monoisotopic (exact) mass is 413 g/mol. The SMILES string of the molecule is CCCNC(=O)CN1CCC(NC(=O)C(C)S(=O)(=O)c2ccc(F)cc2)CC1. The number of carbonyl (C=O) groups excluding carboxylic acids is 2.